The van der Waals surface area contributed by atoms with Gasteiger partial charge in [0.25, 0.3) is 0 Å². The minimum Gasteiger partial charge on any atom is -0.493 e. The molecule has 0 spiro atoms. The average Bonchev–Trinajstić information content (AvgIpc) is 3.23. The van der Waals surface area contributed by atoms with Crippen LogP contribution in [0.3, 0.4) is 0 Å². The molecule has 260 valence electrons. The summed E-state index contributed by atoms with van der Waals surface area (Å²) in [7, 11) is 6.67. The summed E-state index contributed by atoms with van der Waals surface area (Å²) in [6.07, 6.45) is 1.83. The fourth-order valence-electron chi connectivity index (χ4n) is 6.73. The molecule has 0 aliphatic heterocycles. The summed E-state index contributed by atoms with van der Waals surface area (Å²) < 4.78 is 19.3. The van der Waals surface area contributed by atoms with Crippen molar-refractivity contribution >= 4 is 34.2 Å². The molecule has 3 N–H and O–H groups in total. The molecule has 0 fully saturated rings. The second-order valence-corrected chi connectivity index (χ2v) is 13.0. The third-order valence-electron chi connectivity index (χ3n) is 9.42. The van der Waals surface area contributed by atoms with E-state index < -0.39 is 12.1 Å². The standard InChI is InChI=1S/C38H47N5O6/c1-10-21(4)34(38(46)40-24-12-16-30-29(18-24)42-37(20(2)3)43(30)6)41-28-15-13-25-26(19-31(28)45)27(39-22(5)44)14-11-23-17-32(47-7)35(48-8)36(49-9)33(23)25/h12-13,15-21,27,34H,10-11,14H2,1-9H3,(H,39,44)(H,40,46)(H,41,45)/t21-,27+,34+/m1/s1. The van der Waals surface area contributed by atoms with Crippen molar-refractivity contribution in [1.82, 2.24) is 14.9 Å². The van der Waals surface area contributed by atoms with E-state index in [1.807, 2.05) is 51.2 Å². The van der Waals surface area contributed by atoms with Gasteiger partial charge in [0.2, 0.25) is 23.0 Å². The van der Waals surface area contributed by atoms with Crippen LogP contribution in [0.5, 0.6) is 17.2 Å². The van der Waals surface area contributed by atoms with Crippen LogP contribution in [0.1, 0.15) is 76.4 Å². The molecule has 5 rings (SSSR count). The molecule has 2 amide bonds. The van der Waals surface area contributed by atoms with Crippen molar-refractivity contribution in [2.75, 3.05) is 32.0 Å². The van der Waals surface area contributed by atoms with Crippen LogP contribution in [0.15, 0.2) is 47.3 Å². The quantitative estimate of drug-likeness (QED) is 0.169. The van der Waals surface area contributed by atoms with Crippen molar-refractivity contribution in [3.05, 3.63) is 69.6 Å². The number of hydrogen-bond acceptors (Lipinski definition) is 8. The summed E-state index contributed by atoms with van der Waals surface area (Å²) in [5.41, 5.74) is 5.40. The first-order chi connectivity index (χ1) is 23.4. The first-order valence-corrected chi connectivity index (χ1v) is 16.7. The maximum atomic E-state index is 14.0. The fourth-order valence-corrected chi connectivity index (χ4v) is 6.73. The third-order valence-corrected chi connectivity index (χ3v) is 9.42. The molecule has 1 aliphatic rings. The Morgan fingerprint density at radius 3 is 2.37 bits per heavy atom. The number of fused-ring (bicyclic) bond motifs is 4. The van der Waals surface area contributed by atoms with Crippen molar-refractivity contribution in [3.8, 4) is 28.4 Å². The van der Waals surface area contributed by atoms with Crippen LogP contribution in [0.2, 0.25) is 0 Å². The van der Waals surface area contributed by atoms with Crippen LogP contribution in [0.25, 0.3) is 22.2 Å². The van der Waals surface area contributed by atoms with E-state index in [1.54, 1.807) is 33.5 Å². The maximum absolute atomic E-state index is 14.0. The Labute approximate surface area is 287 Å². The molecule has 3 aromatic carbocycles. The monoisotopic (exact) mass is 669 g/mol. The fraction of sp³-hybridized carbons (Fsp3) is 0.421. The Morgan fingerprint density at radius 1 is 1.00 bits per heavy atom. The Morgan fingerprint density at radius 2 is 1.73 bits per heavy atom. The first kappa shape index (κ1) is 35.3. The second kappa shape index (κ2) is 14.6. The van der Waals surface area contributed by atoms with Gasteiger partial charge in [-0.1, -0.05) is 40.2 Å². The number of nitrogens with zero attached hydrogens (tertiary/aromatic N) is 2. The van der Waals surface area contributed by atoms with E-state index in [2.05, 4.69) is 34.4 Å². The number of nitrogens with one attached hydrogen (secondary N) is 3. The van der Waals surface area contributed by atoms with Gasteiger partial charge in [0, 0.05) is 31.1 Å². The van der Waals surface area contributed by atoms with Gasteiger partial charge in [-0.2, -0.15) is 0 Å². The van der Waals surface area contributed by atoms with Crippen LogP contribution in [0.4, 0.5) is 11.4 Å². The molecule has 1 aliphatic carbocycles. The van der Waals surface area contributed by atoms with Crippen molar-refractivity contribution < 1.29 is 23.8 Å². The van der Waals surface area contributed by atoms with Crippen LogP contribution >= 0.6 is 0 Å². The highest BCUT2D eigenvalue weighted by Gasteiger charge is 2.30. The molecule has 3 atom stereocenters. The summed E-state index contributed by atoms with van der Waals surface area (Å²) in [6, 6.07) is 11.6. The van der Waals surface area contributed by atoms with Gasteiger partial charge >= 0.3 is 0 Å². The normalized spacial score (nSPS) is 15.0. The van der Waals surface area contributed by atoms with E-state index in [9.17, 15) is 14.4 Å². The Balaban J connectivity index is 1.57. The van der Waals surface area contributed by atoms with Crippen molar-refractivity contribution in [3.63, 3.8) is 0 Å². The number of benzene rings is 2. The summed E-state index contributed by atoms with van der Waals surface area (Å²) in [6.45, 7) is 9.64. The van der Waals surface area contributed by atoms with Crippen molar-refractivity contribution in [2.24, 2.45) is 13.0 Å². The predicted molar refractivity (Wildman–Crippen MR) is 193 cm³/mol. The van der Waals surface area contributed by atoms with Crippen LogP contribution in [-0.2, 0) is 23.1 Å². The number of anilines is 2. The number of methoxy groups -OCH3 is 3. The van der Waals surface area contributed by atoms with Gasteiger partial charge in [0.05, 0.1) is 44.1 Å². The predicted octanol–water partition coefficient (Wildman–Crippen LogP) is 6.34. The highest BCUT2D eigenvalue weighted by molar-refractivity contribution is 5.98. The summed E-state index contributed by atoms with van der Waals surface area (Å²) in [5.74, 6) is 2.06. The minimum atomic E-state index is -0.720. The molecule has 4 aromatic rings. The lowest BCUT2D eigenvalue weighted by molar-refractivity contribution is -0.120. The number of ether oxygens (including phenoxy) is 3. The van der Waals surface area contributed by atoms with Gasteiger partial charge in [-0.15, -0.1) is 0 Å². The molecule has 49 heavy (non-hydrogen) atoms. The van der Waals surface area contributed by atoms with E-state index in [1.165, 1.54) is 6.92 Å². The lowest BCUT2D eigenvalue weighted by Gasteiger charge is -2.24. The smallest absolute Gasteiger partial charge is 0.247 e. The van der Waals surface area contributed by atoms with Crippen LogP contribution in [-0.4, -0.2) is 48.7 Å². The zero-order valence-electron chi connectivity index (χ0n) is 29.8. The number of aryl methyl sites for hydroxylation is 2. The van der Waals surface area contributed by atoms with E-state index in [4.69, 9.17) is 19.2 Å². The number of aromatic nitrogens is 2. The highest BCUT2D eigenvalue weighted by atomic mass is 16.5. The lowest BCUT2D eigenvalue weighted by atomic mass is 9.95. The topological polar surface area (TPSA) is 133 Å². The zero-order valence-corrected chi connectivity index (χ0v) is 29.8. The highest BCUT2D eigenvalue weighted by Crippen LogP contribution is 2.50. The molecule has 0 bridgehead atoms. The summed E-state index contributed by atoms with van der Waals surface area (Å²) in [4.78, 5) is 45.0. The van der Waals surface area contributed by atoms with E-state index in [0.29, 0.717) is 53.3 Å². The minimum absolute atomic E-state index is 0.112. The van der Waals surface area contributed by atoms with Gasteiger partial charge in [-0.05, 0) is 71.8 Å². The van der Waals surface area contributed by atoms with Crippen molar-refractivity contribution in [2.45, 2.75) is 71.9 Å². The Bertz CT molecular complexity index is 1950. The molecule has 1 heterocycles. The SMILES string of the molecule is CC[C@@H](C)[C@H](Nc1ccc2c(cc1=O)[C@@H](NC(C)=O)CCc1cc(OC)c(OC)c(OC)c1-2)C(=O)Nc1ccc2c(c1)nc(C(C)C)n2C. The zero-order chi connectivity index (χ0) is 35.6. The molecule has 0 saturated carbocycles. The largest absolute Gasteiger partial charge is 0.493 e. The Kier molecular flexibility index (Phi) is 10.5. The number of imidazole rings is 1. The molecule has 0 radical (unpaired) electrons. The molecule has 1 aromatic heterocycles. The summed E-state index contributed by atoms with van der Waals surface area (Å²) in [5, 5.41) is 9.37. The first-order valence-electron chi connectivity index (χ1n) is 16.7. The summed E-state index contributed by atoms with van der Waals surface area (Å²) >= 11 is 0. The van der Waals surface area contributed by atoms with Crippen molar-refractivity contribution in [1.29, 1.82) is 0 Å². The maximum Gasteiger partial charge on any atom is 0.247 e. The van der Waals surface area contributed by atoms with Crippen LogP contribution in [0, 0.1) is 5.92 Å². The average molecular weight is 670 g/mol. The molecular formula is C38H47N5O6. The van der Waals surface area contributed by atoms with Gasteiger partial charge in [0.1, 0.15) is 11.9 Å². The number of amides is 2. The van der Waals surface area contributed by atoms with Gasteiger partial charge in [-0.3, -0.25) is 14.4 Å². The van der Waals surface area contributed by atoms with Crippen LogP contribution < -0.4 is 35.6 Å². The Hall–Kier alpha value is -5.06. The number of carbonyl (C=O) groups is 2. The molecule has 0 unspecified atom stereocenters. The lowest BCUT2D eigenvalue weighted by Crippen LogP contribution is -2.40. The van der Waals surface area contributed by atoms with Gasteiger partial charge in [0.15, 0.2) is 11.5 Å². The van der Waals surface area contributed by atoms with E-state index >= 15 is 0 Å². The molecule has 0 saturated heterocycles. The van der Waals surface area contributed by atoms with Gasteiger partial charge in [-0.25, -0.2) is 4.98 Å². The van der Waals surface area contributed by atoms with E-state index in [0.717, 1.165) is 28.0 Å². The van der Waals surface area contributed by atoms with E-state index in [-0.39, 0.29) is 34.8 Å². The number of carbonyl (C=O) groups excluding carboxylic acids is 2. The third kappa shape index (κ3) is 6.93. The molecule has 11 nitrogen and oxygen atoms in total. The number of rotatable bonds is 11. The molecule has 11 heteroatoms. The van der Waals surface area contributed by atoms with Gasteiger partial charge < -0.3 is 34.7 Å². The number of hydrogen-bond donors (Lipinski definition) is 3. The molecular weight excluding hydrogens is 622 g/mol. The second-order valence-electron chi connectivity index (χ2n) is 13.0.